The van der Waals surface area contributed by atoms with Crippen molar-refractivity contribution in [3.63, 3.8) is 0 Å². The van der Waals surface area contributed by atoms with Crippen LogP contribution in [0.1, 0.15) is 65.2 Å². The summed E-state index contributed by atoms with van der Waals surface area (Å²) in [6.07, 6.45) is 9.85. The topological polar surface area (TPSA) is 55.9 Å². The average Bonchev–Trinajstić information content (AvgIpc) is 3.49. The van der Waals surface area contributed by atoms with E-state index in [1.54, 1.807) is 0 Å². The van der Waals surface area contributed by atoms with Crippen LogP contribution in [-0.2, 0) is 19.1 Å². The molecule has 2 heterocycles. The Bertz CT molecular complexity index is 845. The summed E-state index contributed by atoms with van der Waals surface area (Å²) in [5.74, 6) is 2.77. The molecule has 0 N–H and O–H groups in total. The monoisotopic (exact) mass is 368 g/mol. The summed E-state index contributed by atoms with van der Waals surface area (Å²) < 4.78 is 12.8. The first-order valence-corrected chi connectivity index (χ1v) is 11.0. The van der Waals surface area contributed by atoms with E-state index < -0.39 is 0 Å². The number of ether oxygens (including phenoxy) is 2. The van der Waals surface area contributed by atoms with Crippen LogP contribution < -0.4 is 0 Å². The van der Waals surface area contributed by atoms with Crippen LogP contribution in [0, 0.1) is 34.5 Å². The Kier molecular flexibility index (Phi) is 2.46. The van der Waals surface area contributed by atoms with Gasteiger partial charge in [-0.2, -0.15) is 0 Å². The smallest absolute Gasteiger partial charge is 0.306 e. The second-order valence-corrected chi connectivity index (χ2v) is 11.1. The molecule has 5 aliphatic carbocycles. The first kappa shape index (κ1) is 15.7. The van der Waals surface area contributed by atoms with E-state index in [9.17, 15) is 9.59 Å². The Morgan fingerprint density at radius 2 is 1.96 bits per heavy atom. The van der Waals surface area contributed by atoms with Crippen LogP contribution in [0.5, 0.6) is 0 Å². The summed E-state index contributed by atoms with van der Waals surface area (Å²) in [5.41, 5.74) is 1.24. The second-order valence-electron chi connectivity index (χ2n) is 11.1. The molecule has 6 fully saturated rings. The largest absolute Gasteiger partial charge is 0.458 e. The maximum atomic E-state index is 12.2. The molecule has 0 aromatic rings. The van der Waals surface area contributed by atoms with E-state index in [0.717, 1.165) is 25.7 Å². The van der Waals surface area contributed by atoms with E-state index in [4.69, 9.17) is 9.47 Å². The molecule has 0 aromatic carbocycles. The number of ketones is 1. The van der Waals surface area contributed by atoms with Gasteiger partial charge in [0, 0.05) is 23.7 Å². The summed E-state index contributed by atoms with van der Waals surface area (Å²) in [6, 6.07) is 0. The van der Waals surface area contributed by atoms with Crippen LogP contribution >= 0.6 is 0 Å². The van der Waals surface area contributed by atoms with Crippen LogP contribution in [0.15, 0.2) is 11.6 Å². The van der Waals surface area contributed by atoms with Crippen molar-refractivity contribution in [1.82, 2.24) is 0 Å². The highest BCUT2D eigenvalue weighted by Crippen LogP contribution is 2.82. The zero-order chi connectivity index (χ0) is 18.4. The number of carbonyl (C=O) groups excluding carboxylic acids is 2. The molecule has 0 unspecified atom stereocenters. The van der Waals surface area contributed by atoms with Crippen molar-refractivity contribution < 1.29 is 19.1 Å². The molecule has 4 saturated carbocycles. The minimum absolute atomic E-state index is 0.00124. The number of epoxide rings is 1. The summed E-state index contributed by atoms with van der Waals surface area (Å²) >= 11 is 0. The van der Waals surface area contributed by atoms with Crippen LogP contribution in [0.2, 0.25) is 0 Å². The van der Waals surface area contributed by atoms with Gasteiger partial charge in [0.15, 0.2) is 5.78 Å². The molecule has 0 bridgehead atoms. The van der Waals surface area contributed by atoms with E-state index in [2.05, 4.69) is 13.8 Å². The third-order valence-corrected chi connectivity index (χ3v) is 10.4. The van der Waals surface area contributed by atoms with Gasteiger partial charge >= 0.3 is 5.97 Å². The fraction of sp³-hybridized carbons (Fsp3) is 0.826. The van der Waals surface area contributed by atoms with Gasteiger partial charge in [-0.05, 0) is 68.3 Å². The second kappa shape index (κ2) is 4.22. The van der Waals surface area contributed by atoms with Gasteiger partial charge in [-0.3, -0.25) is 9.59 Å². The minimum atomic E-state index is -0.239. The van der Waals surface area contributed by atoms with E-state index in [-0.39, 0.29) is 34.1 Å². The number of rotatable bonds is 0. The number of hydrogen-bond donors (Lipinski definition) is 0. The number of carbonyl (C=O) groups is 2. The van der Waals surface area contributed by atoms with Crippen LogP contribution in [0.25, 0.3) is 0 Å². The molecule has 0 amide bonds. The standard InChI is InChI=1S/C23H28O4/c1-20-6-3-12(24)9-16(20)13-10-14(13)19-15-4-7-22(8-5-18(25)27-22)21(15,2)11-17-23(19,20)26-17/h9,13-15,17,19H,3-8,10-11H2,1-2H3/t13-,14+,15-,17+,19-,20-,21-,22+,23+/m0/s1. The predicted molar refractivity (Wildman–Crippen MR) is 96.6 cm³/mol. The lowest BCUT2D eigenvalue weighted by molar-refractivity contribution is -0.164. The Morgan fingerprint density at radius 3 is 2.74 bits per heavy atom. The van der Waals surface area contributed by atoms with Crippen molar-refractivity contribution >= 4 is 11.8 Å². The normalized spacial score (nSPS) is 62.0. The van der Waals surface area contributed by atoms with Crippen molar-refractivity contribution in [1.29, 1.82) is 0 Å². The molecule has 0 aromatic heterocycles. The van der Waals surface area contributed by atoms with Crippen molar-refractivity contribution in [2.75, 3.05) is 0 Å². The third kappa shape index (κ3) is 1.47. The predicted octanol–water partition coefficient (Wildman–Crippen LogP) is 3.58. The van der Waals surface area contributed by atoms with Crippen molar-refractivity contribution in [2.45, 2.75) is 82.5 Å². The molecule has 9 atom stereocenters. The van der Waals surface area contributed by atoms with Gasteiger partial charge in [-0.25, -0.2) is 0 Å². The van der Waals surface area contributed by atoms with Gasteiger partial charge in [0.05, 0.1) is 6.10 Å². The highest BCUT2D eigenvalue weighted by molar-refractivity contribution is 5.92. The maximum absolute atomic E-state index is 12.2. The third-order valence-electron chi connectivity index (χ3n) is 10.4. The lowest BCUT2D eigenvalue weighted by Crippen LogP contribution is -2.60. The van der Waals surface area contributed by atoms with Gasteiger partial charge in [0.1, 0.15) is 11.2 Å². The number of fused-ring (bicyclic) bond motifs is 7. The Balaban J connectivity index is 1.36. The molecular weight excluding hydrogens is 340 g/mol. The molecule has 2 saturated heterocycles. The van der Waals surface area contributed by atoms with E-state index in [1.165, 1.54) is 18.4 Å². The molecule has 144 valence electrons. The minimum Gasteiger partial charge on any atom is -0.458 e. The SMILES string of the molecule is C[C@]12CCC(=O)C=C1[C@H]1C[C@H]1[C@H]1[C@@H]3CC[C@@]4(CCC(=O)O4)[C@@]3(C)C[C@H]3O[C@@]132. The molecule has 27 heavy (non-hydrogen) atoms. The Labute approximate surface area is 160 Å². The quantitative estimate of drug-likeness (QED) is 0.484. The summed E-state index contributed by atoms with van der Waals surface area (Å²) in [7, 11) is 0. The summed E-state index contributed by atoms with van der Waals surface area (Å²) in [5, 5.41) is 0. The molecule has 2 spiro atoms. The highest BCUT2D eigenvalue weighted by Gasteiger charge is 2.85. The van der Waals surface area contributed by atoms with E-state index in [1.807, 2.05) is 6.08 Å². The van der Waals surface area contributed by atoms with Gasteiger partial charge < -0.3 is 9.47 Å². The van der Waals surface area contributed by atoms with Crippen LogP contribution in [0.4, 0.5) is 0 Å². The van der Waals surface area contributed by atoms with Crippen molar-refractivity contribution in [3.05, 3.63) is 11.6 Å². The molecule has 0 radical (unpaired) electrons. The molecule has 7 aliphatic rings. The van der Waals surface area contributed by atoms with Gasteiger partial charge in [0.2, 0.25) is 0 Å². The highest BCUT2D eigenvalue weighted by atomic mass is 16.6. The van der Waals surface area contributed by atoms with E-state index >= 15 is 0 Å². The number of hydrogen-bond acceptors (Lipinski definition) is 4. The lowest BCUT2D eigenvalue weighted by atomic mass is 9.46. The Morgan fingerprint density at radius 1 is 1.11 bits per heavy atom. The molecule has 4 nitrogen and oxygen atoms in total. The fourth-order valence-electron chi connectivity index (χ4n) is 9.12. The first-order valence-electron chi connectivity index (χ1n) is 11.0. The maximum Gasteiger partial charge on any atom is 0.306 e. The van der Waals surface area contributed by atoms with Gasteiger partial charge in [-0.1, -0.05) is 19.4 Å². The average molecular weight is 368 g/mol. The first-order chi connectivity index (χ1) is 12.8. The summed E-state index contributed by atoms with van der Waals surface area (Å²) in [6.45, 7) is 4.81. The summed E-state index contributed by atoms with van der Waals surface area (Å²) in [4.78, 5) is 24.2. The molecule has 2 aliphatic heterocycles. The molecular formula is C23H28O4. The van der Waals surface area contributed by atoms with Gasteiger partial charge in [0.25, 0.3) is 0 Å². The Hall–Kier alpha value is -1.16. The van der Waals surface area contributed by atoms with Crippen molar-refractivity contribution in [3.8, 4) is 0 Å². The van der Waals surface area contributed by atoms with E-state index in [0.29, 0.717) is 42.3 Å². The molecule has 4 heteroatoms. The zero-order valence-electron chi connectivity index (χ0n) is 16.3. The van der Waals surface area contributed by atoms with Crippen molar-refractivity contribution in [2.24, 2.45) is 34.5 Å². The van der Waals surface area contributed by atoms with Gasteiger partial charge in [-0.15, -0.1) is 0 Å². The zero-order valence-corrected chi connectivity index (χ0v) is 16.3. The molecule has 7 rings (SSSR count). The lowest BCUT2D eigenvalue weighted by Gasteiger charge is -2.56. The fourth-order valence-corrected chi connectivity index (χ4v) is 9.12. The van der Waals surface area contributed by atoms with Crippen LogP contribution in [0.3, 0.4) is 0 Å². The number of esters is 1. The van der Waals surface area contributed by atoms with Crippen LogP contribution in [-0.4, -0.2) is 29.1 Å².